The van der Waals surface area contributed by atoms with E-state index in [2.05, 4.69) is 20.1 Å². The van der Waals surface area contributed by atoms with Crippen LogP contribution in [-0.4, -0.2) is 18.2 Å². The van der Waals surface area contributed by atoms with E-state index >= 15 is 0 Å². The third-order valence-corrected chi connectivity index (χ3v) is 2.09. The number of aromatic nitrogens is 2. The van der Waals surface area contributed by atoms with Gasteiger partial charge in [-0.1, -0.05) is 0 Å². The van der Waals surface area contributed by atoms with Crippen LogP contribution in [0.4, 0.5) is 5.69 Å². The molecule has 0 atom stereocenters. The van der Waals surface area contributed by atoms with Crippen molar-refractivity contribution in [3.63, 3.8) is 0 Å². The van der Waals surface area contributed by atoms with Gasteiger partial charge >= 0.3 is 11.7 Å². The van der Waals surface area contributed by atoms with Gasteiger partial charge in [0.05, 0.1) is 12.5 Å². The number of nitrogens with zero attached hydrogens (tertiary/aromatic N) is 1. The van der Waals surface area contributed by atoms with Gasteiger partial charge in [-0.05, 0) is 23.4 Å². The van der Waals surface area contributed by atoms with Crippen LogP contribution < -0.4 is 5.10 Å². The number of nitroso groups, excluding NO2 is 1. The molecular formula is C9H8N3O3+. The Kier molecular flexibility index (Phi) is 2.17. The number of methoxy groups -OCH3 is 1. The quantitative estimate of drug-likeness (QED) is 0.591. The van der Waals surface area contributed by atoms with E-state index < -0.39 is 5.97 Å². The van der Waals surface area contributed by atoms with Crippen LogP contribution in [0.25, 0.3) is 10.9 Å². The maximum absolute atomic E-state index is 11.3. The third kappa shape index (κ3) is 1.45. The fourth-order valence-corrected chi connectivity index (χ4v) is 1.37. The van der Waals surface area contributed by atoms with Gasteiger partial charge < -0.3 is 4.74 Å². The zero-order valence-electron chi connectivity index (χ0n) is 7.90. The van der Waals surface area contributed by atoms with Gasteiger partial charge in [0.2, 0.25) is 0 Å². The second-order valence-electron chi connectivity index (χ2n) is 2.94. The molecule has 0 saturated carbocycles. The predicted octanol–water partition coefficient (Wildman–Crippen LogP) is 1.17. The molecule has 0 aliphatic carbocycles. The van der Waals surface area contributed by atoms with Crippen LogP contribution >= 0.6 is 0 Å². The van der Waals surface area contributed by atoms with Crippen molar-refractivity contribution in [2.24, 2.45) is 5.18 Å². The maximum Gasteiger partial charge on any atom is 0.406 e. The monoisotopic (exact) mass is 206 g/mol. The molecule has 1 heterocycles. The van der Waals surface area contributed by atoms with Gasteiger partial charge in [-0.25, -0.2) is 4.79 Å². The largest absolute Gasteiger partial charge is 0.461 e. The summed E-state index contributed by atoms with van der Waals surface area (Å²) in [6.07, 6.45) is 0. The summed E-state index contributed by atoms with van der Waals surface area (Å²) >= 11 is 0. The molecule has 0 aliphatic heterocycles. The van der Waals surface area contributed by atoms with E-state index in [1.165, 1.54) is 13.2 Å². The maximum atomic E-state index is 11.3. The Morgan fingerprint density at radius 2 is 2.33 bits per heavy atom. The Balaban J connectivity index is 2.66. The number of ether oxygens (including phenoxy) is 1. The summed E-state index contributed by atoms with van der Waals surface area (Å²) in [4.78, 5) is 21.6. The van der Waals surface area contributed by atoms with Crippen molar-refractivity contribution >= 4 is 22.6 Å². The Bertz CT molecular complexity index is 532. The molecule has 6 nitrogen and oxygen atoms in total. The van der Waals surface area contributed by atoms with E-state index in [1.807, 2.05) is 0 Å². The van der Waals surface area contributed by atoms with Gasteiger partial charge in [0.1, 0.15) is 11.2 Å². The molecule has 0 spiro atoms. The minimum atomic E-state index is -0.496. The number of hydrogen-bond donors (Lipinski definition) is 1. The number of H-pyrrole nitrogens is 2. The molecule has 0 unspecified atom stereocenters. The average molecular weight is 206 g/mol. The van der Waals surface area contributed by atoms with Crippen molar-refractivity contribution in [1.82, 2.24) is 5.10 Å². The van der Waals surface area contributed by atoms with Crippen molar-refractivity contribution in [1.29, 1.82) is 0 Å². The number of rotatable bonds is 2. The van der Waals surface area contributed by atoms with Gasteiger partial charge in [0, 0.05) is 0 Å². The molecule has 2 rings (SSSR count). The summed E-state index contributed by atoms with van der Waals surface area (Å²) in [7, 11) is 1.29. The molecule has 0 aliphatic rings. The number of esters is 1. The topological polar surface area (TPSA) is 85.7 Å². The van der Waals surface area contributed by atoms with E-state index in [9.17, 15) is 9.70 Å². The standard InChI is InChI=1S/C9H7N3O3/c1-15-9(13)8-6-4-5(12-14)2-3-7(6)10-11-8/h2-4H,1H3,(H,10,11)/p+1. The molecule has 6 heteroatoms. The molecule has 2 aromatic rings. The molecule has 0 saturated heterocycles. The van der Waals surface area contributed by atoms with Gasteiger partial charge in [0.25, 0.3) is 0 Å². The van der Waals surface area contributed by atoms with Gasteiger partial charge in [-0.2, -0.15) is 5.10 Å². The molecule has 0 amide bonds. The number of benzene rings is 1. The summed E-state index contributed by atoms with van der Waals surface area (Å²) in [5.41, 5.74) is 1.25. The van der Waals surface area contributed by atoms with Crippen LogP contribution in [0.2, 0.25) is 0 Å². The van der Waals surface area contributed by atoms with Crippen LogP contribution in [0.1, 0.15) is 10.5 Å². The first kappa shape index (κ1) is 9.32. The number of fused-ring (bicyclic) bond motifs is 1. The van der Waals surface area contributed by atoms with Crippen molar-refractivity contribution in [3.05, 3.63) is 28.8 Å². The Morgan fingerprint density at radius 3 is 3.00 bits per heavy atom. The van der Waals surface area contributed by atoms with Gasteiger partial charge in [0.15, 0.2) is 0 Å². The van der Waals surface area contributed by atoms with E-state index in [0.29, 0.717) is 10.9 Å². The van der Waals surface area contributed by atoms with Gasteiger partial charge in [-0.15, -0.1) is 10.0 Å². The molecule has 1 aromatic heterocycles. The lowest BCUT2D eigenvalue weighted by molar-refractivity contribution is -0.450. The van der Waals surface area contributed by atoms with Gasteiger partial charge in [-0.3, -0.25) is 0 Å². The first-order valence-electron chi connectivity index (χ1n) is 4.21. The lowest BCUT2D eigenvalue weighted by Gasteiger charge is -1.90. The smallest absolute Gasteiger partial charge is 0.406 e. The van der Waals surface area contributed by atoms with Crippen LogP contribution in [0.5, 0.6) is 0 Å². The Morgan fingerprint density at radius 1 is 1.53 bits per heavy atom. The second kappa shape index (κ2) is 3.49. The fourth-order valence-electron chi connectivity index (χ4n) is 1.37. The number of nitrogens with one attached hydrogen (secondary N) is 2. The zero-order valence-corrected chi connectivity index (χ0v) is 7.90. The average Bonchev–Trinajstić information content (AvgIpc) is 2.70. The Labute approximate surface area is 84.2 Å². The molecule has 15 heavy (non-hydrogen) atoms. The highest BCUT2D eigenvalue weighted by molar-refractivity contribution is 6.00. The molecule has 1 aromatic carbocycles. The van der Waals surface area contributed by atoms with E-state index in [-0.39, 0.29) is 11.4 Å². The first-order chi connectivity index (χ1) is 7.26. The summed E-state index contributed by atoms with van der Waals surface area (Å²) in [6, 6.07) is 4.73. The SMILES string of the molecule is COC(=O)c1[nH+][nH]c2ccc(N=O)cc12. The first-order valence-corrected chi connectivity index (χ1v) is 4.21. The Hall–Kier alpha value is -2.24. The fraction of sp³-hybridized carbons (Fsp3) is 0.111. The lowest BCUT2D eigenvalue weighted by Crippen LogP contribution is -2.16. The van der Waals surface area contributed by atoms with Crippen molar-refractivity contribution < 1.29 is 14.6 Å². The lowest BCUT2D eigenvalue weighted by atomic mass is 10.2. The molecule has 2 N–H and O–H groups in total. The normalized spacial score (nSPS) is 10.2. The highest BCUT2D eigenvalue weighted by atomic mass is 16.5. The summed E-state index contributed by atoms with van der Waals surface area (Å²) < 4.78 is 4.58. The number of carbonyl (C=O) groups excluding carboxylic acids is 1. The number of hydrogen-bond acceptors (Lipinski definition) is 4. The van der Waals surface area contributed by atoms with Crippen LogP contribution in [0.3, 0.4) is 0 Å². The summed E-state index contributed by atoms with van der Waals surface area (Å²) in [6.45, 7) is 0. The minimum Gasteiger partial charge on any atom is -0.461 e. The number of aromatic amines is 2. The summed E-state index contributed by atoms with van der Waals surface area (Å²) in [5.74, 6) is -0.496. The molecular weight excluding hydrogens is 198 g/mol. The van der Waals surface area contributed by atoms with E-state index in [4.69, 9.17) is 0 Å². The van der Waals surface area contributed by atoms with Crippen LogP contribution in [0.15, 0.2) is 23.4 Å². The van der Waals surface area contributed by atoms with Crippen LogP contribution in [-0.2, 0) is 4.74 Å². The molecule has 0 radical (unpaired) electrons. The summed E-state index contributed by atoms with van der Waals surface area (Å²) in [5, 5.41) is 8.84. The predicted molar refractivity (Wildman–Crippen MR) is 51.6 cm³/mol. The zero-order chi connectivity index (χ0) is 10.8. The van der Waals surface area contributed by atoms with E-state index in [1.54, 1.807) is 12.1 Å². The van der Waals surface area contributed by atoms with Crippen molar-refractivity contribution in [3.8, 4) is 0 Å². The number of carbonyl (C=O) groups is 1. The van der Waals surface area contributed by atoms with Crippen LogP contribution in [0, 0.1) is 4.91 Å². The third-order valence-electron chi connectivity index (χ3n) is 2.09. The molecule has 0 bridgehead atoms. The van der Waals surface area contributed by atoms with E-state index in [0.717, 1.165) is 0 Å². The van der Waals surface area contributed by atoms with Crippen molar-refractivity contribution in [2.75, 3.05) is 7.11 Å². The molecule has 76 valence electrons. The molecule has 0 fully saturated rings. The van der Waals surface area contributed by atoms with Crippen molar-refractivity contribution in [2.45, 2.75) is 0 Å². The highest BCUT2D eigenvalue weighted by Crippen LogP contribution is 2.21. The highest BCUT2D eigenvalue weighted by Gasteiger charge is 2.21. The minimum absolute atomic E-state index is 0.264. The second-order valence-corrected chi connectivity index (χ2v) is 2.94.